The number of rotatable bonds is 15. The maximum Gasteiger partial charge on any atom is 0.312 e. The number of hydrogen-bond donors (Lipinski definition) is 0. The van der Waals surface area contributed by atoms with Gasteiger partial charge in [-0.15, -0.1) is 0 Å². The normalized spacial score (nSPS) is 36.4. The molecule has 7 unspecified atom stereocenters. The van der Waals surface area contributed by atoms with E-state index in [0.29, 0.717) is 5.41 Å². The van der Waals surface area contributed by atoms with Crippen LogP contribution in [0.3, 0.4) is 0 Å². The Morgan fingerprint density at radius 3 is 1.13 bits per heavy atom. The number of carbonyl (C=O) groups is 3. The van der Waals surface area contributed by atoms with E-state index in [0.717, 1.165) is 78.9 Å². The summed E-state index contributed by atoms with van der Waals surface area (Å²) < 4.78 is 18.5. The summed E-state index contributed by atoms with van der Waals surface area (Å²) in [5.41, 5.74) is -0.319. The molecule has 12 saturated carbocycles. The molecule has 6 nitrogen and oxygen atoms in total. The molecule has 0 aromatic heterocycles. The van der Waals surface area contributed by atoms with Gasteiger partial charge in [0.1, 0.15) is 16.8 Å². The SMILES string of the molecule is C.C.C.C.C.C.CCC(C)(C)C(=O)OC(C)(C)C12CC3CC(CC1C3)C2.CCC(C)C(=O)OC(C)(C)C12CC3CC(CC1C3)C2.CCCCC(C)(OC(=O)C(C)CC)C12CC3CC(CC(C3)C1)C2. The minimum atomic E-state index is -0.358. The van der Waals surface area contributed by atoms with Crippen LogP contribution in [0.1, 0.15) is 276 Å². The number of hydrogen-bond acceptors (Lipinski definition) is 6. The summed E-state index contributed by atoms with van der Waals surface area (Å²) in [7, 11) is 0. The highest BCUT2D eigenvalue weighted by molar-refractivity contribution is 5.76. The summed E-state index contributed by atoms with van der Waals surface area (Å²) in [6, 6.07) is 0. The van der Waals surface area contributed by atoms with E-state index in [-0.39, 0.29) is 107 Å². The van der Waals surface area contributed by atoms with Crippen LogP contribution >= 0.6 is 0 Å². The standard InChI is InChI=1S/C21H36O2.C18H30O2.C17H28O2.6CH4/c1-5-7-8-20(4,23-19(22)15(3)6-2)21-12-16-9-17(13-21)11-18(10-16)14-21;1-6-16(2,3)15(19)20-17(4,5)18-10-12-7-13(11-18)9-14(18)8-12;1-5-11(2)15(18)19-16(3,4)17-9-12-6-13(10-17)8-14(17)7-12;;;;;;/h15-18H,5-14H2,1-4H3;12-14H,6-11H2,1-5H3;11-14H,5-10H2,1-4H3;6*1H4. The van der Waals surface area contributed by atoms with Gasteiger partial charge in [-0.25, -0.2) is 0 Å². The van der Waals surface area contributed by atoms with Crippen molar-refractivity contribution in [3.05, 3.63) is 0 Å². The molecular weight excluding hydrogens is 841 g/mol. The molecule has 7 atom stereocenters. The van der Waals surface area contributed by atoms with Gasteiger partial charge < -0.3 is 14.2 Å². The Labute approximate surface area is 424 Å². The van der Waals surface area contributed by atoms with Crippen molar-refractivity contribution in [2.75, 3.05) is 0 Å². The summed E-state index contributed by atoms with van der Waals surface area (Å²) in [6.07, 6.45) is 27.9. The van der Waals surface area contributed by atoms with Crippen LogP contribution in [0.5, 0.6) is 0 Å². The molecule has 0 amide bonds. The second-order valence-electron chi connectivity index (χ2n) is 26.0. The van der Waals surface area contributed by atoms with E-state index in [1.807, 2.05) is 27.7 Å². The third-order valence-corrected chi connectivity index (χ3v) is 21.0. The molecule has 402 valence electrons. The van der Waals surface area contributed by atoms with Gasteiger partial charge >= 0.3 is 17.9 Å². The van der Waals surface area contributed by atoms with Crippen molar-refractivity contribution in [2.45, 2.75) is 293 Å². The van der Waals surface area contributed by atoms with Crippen molar-refractivity contribution in [2.24, 2.45) is 86.8 Å². The molecule has 0 radical (unpaired) electrons. The zero-order chi connectivity index (χ0) is 45.3. The fourth-order valence-corrected chi connectivity index (χ4v) is 17.0. The molecule has 12 rings (SSSR count). The summed E-state index contributed by atoms with van der Waals surface area (Å²) in [6.45, 7) is 27.5. The highest BCUT2D eigenvalue weighted by Crippen LogP contribution is 2.71. The molecular formula is C62H118O6. The first-order chi connectivity index (χ1) is 29.0. The fraction of sp³-hybridized carbons (Fsp3) is 0.952. The lowest BCUT2D eigenvalue weighted by atomic mass is 9.45. The number of unbranched alkanes of at least 4 members (excludes halogenated alkanes) is 1. The Hall–Kier alpha value is -1.59. The second-order valence-corrected chi connectivity index (χ2v) is 26.0. The van der Waals surface area contributed by atoms with Gasteiger partial charge in [-0.1, -0.05) is 92.5 Å². The molecule has 6 heteroatoms. The first-order valence-corrected chi connectivity index (χ1v) is 26.7. The molecule has 0 aromatic rings. The van der Waals surface area contributed by atoms with E-state index < -0.39 is 0 Å². The van der Waals surface area contributed by atoms with Gasteiger partial charge in [-0.3, -0.25) is 14.4 Å². The Bertz CT molecular complexity index is 1560. The maximum atomic E-state index is 12.6. The predicted octanol–water partition coefficient (Wildman–Crippen LogP) is 18.3. The average molecular weight is 960 g/mol. The van der Waals surface area contributed by atoms with E-state index in [2.05, 4.69) is 62.3 Å². The Morgan fingerprint density at radius 2 is 0.809 bits per heavy atom. The van der Waals surface area contributed by atoms with Crippen LogP contribution in [0.25, 0.3) is 0 Å². The molecule has 12 aliphatic carbocycles. The maximum absolute atomic E-state index is 12.6. The molecule has 0 N–H and O–H groups in total. The van der Waals surface area contributed by atoms with Gasteiger partial charge in [0.15, 0.2) is 0 Å². The first kappa shape index (κ1) is 64.4. The Kier molecular flexibility index (Phi) is 22.3. The van der Waals surface area contributed by atoms with Crippen molar-refractivity contribution in [1.29, 1.82) is 0 Å². The van der Waals surface area contributed by atoms with Gasteiger partial charge in [0.2, 0.25) is 0 Å². The number of esters is 3. The lowest BCUT2D eigenvalue weighted by Gasteiger charge is -2.62. The molecule has 12 fully saturated rings. The first-order valence-electron chi connectivity index (χ1n) is 26.7. The zero-order valence-corrected chi connectivity index (χ0v) is 42.4. The minimum Gasteiger partial charge on any atom is -0.459 e. The summed E-state index contributed by atoms with van der Waals surface area (Å²) in [5, 5.41) is 0. The second kappa shape index (κ2) is 23.5. The van der Waals surface area contributed by atoms with Crippen molar-refractivity contribution in [3.63, 3.8) is 0 Å². The van der Waals surface area contributed by atoms with Crippen LogP contribution < -0.4 is 0 Å². The van der Waals surface area contributed by atoms with Gasteiger partial charge in [0.25, 0.3) is 0 Å². The molecule has 0 aliphatic heterocycles. The predicted molar refractivity (Wildman–Crippen MR) is 290 cm³/mol. The Morgan fingerprint density at radius 1 is 0.485 bits per heavy atom. The van der Waals surface area contributed by atoms with Gasteiger partial charge in [-0.05, 0) is 237 Å². The van der Waals surface area contributed by atoms with Crippen LogP contribution in [0.2, 0.25) is 0 Å². The van der Waals surface area contributed by atoms with Gasteiger partial charge in [-0.2, -0.15) is 0 Å². The van der Waals surface area contributed by atoms with E-state index in [1.165, 1.54) is 116 Å². The summed E-state index contributed by atoms with van der Waals surface area (Å²) in [4.78, 5) is 37.3. The van der Waals surface area contributed by atoms with Crippen molar-refractivity contribution in [3.8, 4) is 0 Å². The third-order valence-electron chi connectivity index (χ3n) is 21.0. The topological polar surface area (TPSA) is 78.9 Å². The van der Waals surface area contributed by atoms with Crippen molar-refractivity contribution >= 4 is 17.9 Å². The van der Waals surface area contributed by atoms with Gasteiger partial charge in [0.05, 0.1) is 17.3 Å². The largest absolute Gasteiger partial charge is 0.459 e. The molecule has 12 aliphatic rings. The Balaban J connectivity index is 0.000000490. The van der Waals surface area contributed by atoms with Crippen LogP contribution in [0.4, 0.5) is 0 Å². The third kappa shape index (κ3) is 11.6. The molecule has 68 heavy (non-hydrogen) atoms. The van der Waals surface area contributed by atoms with E-state index >= 15 is 0 Å². The lowest BCUT2D eigenvalue weighted by Crippen LogP contribution is -2.59. The minimum absolute atomic E-state index is 0. The zero-order valence-electron chi connectivity index (χ0n) is 42.4. The van der Waals surface area contributed by atoms with Crippen molar-refractivity contribution < 1.29 is 28.6 Å². The van der Waals surface area contributed by atoms with E-state index in [1.54, 1.807) is 0 Å². The summed E-state index contributed by atoms with van der Waals surface area (Å²) >= 11 is 0. The number of carbonyl (C=O) groups excluding carboxylic acids is 3. The average Bonchev–Trinajstić information content (AvgIpc) is 3.83. The van der Waals surface area contributed by atoms with Crippen LogP contribution in [0.15, 0.2) is 0 Å². The molecule has 0 saturated heterocycles. The quantitative estimate of drug-likeness (QED) is 0.120. The molecule has 0 aromatic carbocycles. The highest BCUT2D eigenvalue weighted by atomic mass is 16.6. The van der Waals surface area contributed by atoms with Crippen molar-refractivity contribution in [1.82, 2.24) is 0 Å². The van der Waals surface area contributed by atoms with Crippen LogP contribution in [0, 0.1) is 86.8 Å². The summed E-state index contributed by atoms with van der Waals surface area (Å²) in [5.74, 6) is 8.10. The van der Waals surface area contributed by atoms with E-state index in [4.69, 9.17) is 14.2 Å². The van der Waals surface area contributed by atoms with Crippen LogP contribution in [-0.4, -0.2) is 34.7 Å². The highest BCUT2D eigenvalue weighted by Gasteiger charge is 2.67. The van der Waals surface area contributed by atoms with E-state index in [9.17, 15) is 14.4 Å². The molecule has 12 bridgehead atoms. The molecule has 0 heterocycles. The van der Waals surface area contributed by atoms with Gasteiger partial charge in [0, 0.05) is 16.2 Å². The van der Waals surface area contributed by atoms with Crippen LogP contribution in [-0.2, 0) is 28.6 Å². The monoisotopic (exact) mass is 959 g/mol. The smallest absolute Gasteiger partial charge is 0.312 e. The number of ether oxygens (including phenoxy) is 3. The molecule has 0 spiro atoms. The fourth-order valence-electron chi connectivity index (χ4n) is 17.0. The lowest BCUT2D eigenvalue weighted by molar-refractivity contribution is -0.209.